The zero-order valence-electron chi connectivity index (χ0n) is 21.8. The van der Waals surface area contributed by atoms with Crippen molar-refractivity contribution < 1.29 is 19.7 Å². The predicted molar refractivity (Wildman–Crippen MR) is 144 cm³/mol. The molecule has 1 heterocycles. The van der Waals surface area contributed by atoms with Crippen molar-refractivity contribution in [3.8, 4) is 45.8 Å². The van der Waals surface area contributed by atoms with Gasteiger partial charge >= 0.3 is 0 Å². The molecule has 7 heteroatoms. The summed E-state index contributed by atoms with van der Waals surface area (Å²) in [7, 11) is 0. The van der Waals surface area contributed by atoms with Crippen molar-refractivity contribution in [2.75, 3.05) is 13.2 Å². The molecule has 0 aliphatic carbocycles. The van der Waals surface area contributed by atoms with Gasteiger partial charge in [0.1, 0.15) is 28.8 Å². The second-order valence-corrected chi connectivity index (χ2v) is 9.06. The van der Waals surface area contributed by atoms with Crippen LogP contribution in [-0.4, -0.2) is 38.4 Å². The second-order valence-electron chi connectivity index (χ2n) is 9.06. The number of aromatic nitrogens is 3. The molecule has 0 atom stereocenters. The first-order valence-electron chi connectivity index (χ1n) is 12.6. The molecule has 7 nitrogen and oxygen atoms in total. The molecule has 1 aromatic heterocycles. The summed E-state index contributed by atoms with van der Waals surface area (Å²) in [6.07, 6.45) is 2.21. The molecule has 0 saturated carbocycles. The number of rotatable bonds is 10. The van der Waals surface area contributed by atoms with Gasteiger partial charge in [0.05, 0.1) is 24.3 Å². The van der Waals surface area contributed by atoms with E-state index < -0.39 is 0 Å². The van der Waals surface area contributed by atoms with E-state index in [2.05, 4.69) is 37.0 Å². The first-order chi connectivity index (χ1) is 17.9. The van der Waals surface area contributed by atoms with Crippen molar-refractivity contribution in [1.29, 1.82) is 0 Å². The minimum atomic E-state index is 0.00996. The molecule has 2 N–H and O–H groups in total. The number of phenols is 2. The molecule has 37 heavy (non-hydrogen) atoms. The number of phenolic OH excluding ortho intramolecular Hbond substituents is 2. The fraction of sp³-hybridized carbons (Fsp3) is 0.300. The van der Waals surface area contributed by atoms with Gasteiger partial charge in [0.2, 0.25) is 0 Å². The number of hydrogen-bond acceptors (Lipinski definition) is 7. The molecule has 0 aliphatic rings. The smallest absolute Gasteiger partial charge is 0.167 e. The van der Waals surface area contributed by atoms with Crippen LogP contribution in [-0.2, 0) is 6.42 Å². The van der Waals surface area contributed by atoms with Gasteiger partial charge < -0.3 is 19.7 Å². The lowest BCUT2D eigenvalue weighted by atomic mass is 10.0. The molecule has 0 spiro atoms. The maximum absolute atomic E-state index is 10.8. The summed E-state index contributed by atoms with van der Waals surface area (Å²) in [5.41, 5.74) is 4.33. The van der Waals surface area contributed by atoms with Crippen molar-refractivity contribution in [3.63, 3.8) is 0 Å². The molecule has 0 bridgehead atoms. The molecule has 3 aromatic carbocycles. The van der Waals surface area contributed by atoms with Gasteiger partial charge in [0.25, 0.3) is 0 Å². The zero-order valence-corrected chi connectivity index (χ0v) is 21.8. The van der Waals surface area contributed by atoms with E-state index in [9.17, 15) is 10.2 Å². The number of hydrogen-bond donors (Lipinski definition) is 2. The predicted octanol–water partition coefficient (Wildman–Crippen LogP) is 6.40. The van der Waals surface area contributed by atoms with Gasteiger partial charge in [-0.25, -0.2) is 15.0 Å². The Balaban J connectivity index is 1.78. The number of aromatic hydroxyl groups is 2. The largest absolute Gasteiger partial charge is 0.507 e. The third-order valence-corrected chi connectivity index (χ3v) is 5.89. The highest BCUT2D eigenvalue weighted by molar-refractivity contribution is 5.70. The SMILES string of the molecule is CCCOc1ccc(-c2nc(Cc3ccc(C)cc3C)nc(-c3ccc(OCCC)cc3O)n2)c(O)c1. The molecule has 4 aromatic rings. The van der Waals surface area contributed by atoms with Gasteiger partial charge in [0, 0.05) is 18.6 Å². The molecule has 0 aliphatic heterocycles. The zero-order chi connectivity index (χ0) is 26.4. The average molecular weight is 500 g/mol. The van der Waals surface area contributed by atoms with Crippen molar-refractivity contribution in [2.45, 2.75) is 47.0 Å². The van der Waals surface area contributed by atoms with Crippen LogP contribution in [0, 0.1) is 13.8 Å². The molecule has 192 valence electrons. The van der Waals surface area contributed by atoms with Crippen LogP contribution >= 0.6 is 0 Å². The Morgan fingerprint density at radius 2 is 1.22 bits per heavy atom. The molecule has 4 rings (SSSR count). The van der Waals surface area contributed by atoms with Gasteiger partial charge in [-0.3, -0.25) is 0 Å². The van der Waals surface area contributed by atoms with E-state index in [0.29, 0.717) is 59.7 Å². The quantitative estimate of drug-likeness (QED) is 0.260. The van der Waals surface area contributed by atoms with Gasteiger partial charge in [-0.2, -0.15) is 0 Å². The molecular formula is C30H33N3O4. The Kier molecular flexibility index (Phi) is 8.23. The van der Waals surface area contributed by atoms with Crippen LogP contribution in [0.5, 0.6) is 23.0 Å². The summed E-state index contributed by atoms with van der Waals surface area (Å²) in [4.78, 5) is 14.0. The maximum atomic E-state index is 10.8. The number of aryl methyl sites for hydroxylation is 2. The van der Waals surface area contributed by atoms with Crippen molar-refractivity contribution in [2.24, 2.45) is 0 Å². The van der Waals surface area contributed by atoms with Crippen LogP contribution in [0.15, 0.2) is 54.6 Å². The highest BCUT2D eigenvalue weighted by atomic mass is 16.5. The highest BCUT2D eigenvalue weighted by Gasteiger charge is 2.17. The fourth-order valence-corrected chi connectivity index (χ4v) is 3.97. The van der Waals surface area contributed by atoms with Crippen LogP contribution in [0.2, 0.25) is 0 Å². The first-order valence-corrected chi connectivity index (χ1v) is 12.6. The van der Waals surface area contributed by atoms with E-state index in [4.69, 9.17) is 19.4 Å². The Bertz CT molecular complexity index is 1310. The third kappa shape index (κ3) is 6.36. The Labute approximate surface area is 217 Å². The van der Waals surface area contributed by atoms with Gasteiger partial charge in [0.15, 0.2) is 11.6 Å². The van der Waals surface area contributed by atoms with E-state index in [1.165, 1.54) is 5.56 Å². The molecular weight excluding hydrogens is 466 g/mol. The molecule has 0 saturated heterocycles. The van der Waals surface area contributed by atoms with Crippen LogP contribution in [0.1, 0.15) is 49.2 Å². The van der Waals surface area contributed by atoms with E-state index in [1.807, 2.05) is 13.8 Å². The third-order valence-electron chi connectivity index (χ3n) is 5.89. The Morgan fingerprint density at radius 3 is 1.68 bits per heavy atom. The normalized spacial score (nSPS) is 10.9. The van der Waals surface area contributed by atoms with E-state index in [1.54, 1.807) is 36.4 Å². The van der Waals surface area contributed by atoms with Gasteiger partial charge in [-0.1, -0.05) is 37.6 Å². The van der Waals surface area contributed by atoms with Crippen molar-refractivity contribution in [3.05, 3.63) is 77.1 Å². The lowest BCUT2D eigenvalue weighted by molar-refractivity contribution is 0.315. The number of ether oxygens (including phenoxy) is 2. The summed E-state index contributed by atoms with van der Waals surface area (Å²) >= 11 is 0. The van der Waals surface area contributed by atoms with Crippen molar-refractivity contribution in [1.82, 2.24) is 15.0 Å². The molecule has 0 unspecified atom stereocenters. The monoisotopic (exact) mass is 499 g/mol. The minimum absolute atomic E-state index is 0.00996. The van der Waals surface area contributed by atoms with Gasteiger partial charge in [-0.15, -0.1) is 0 Å². The van der Waals surface area contributed by atoms with Crippen LogP contribution in [0.25, 0.3) is 22.8 Å². The summed E-state index contributed by atoms with van der Waals surface area (Å²) in [6, 6.07) is 16.4. The summed E-state index contributed by atoms with van der Waals surface area (Å²) in [5, 5.41) is 21.6. The number of benzene rings is 3. The summed E-state index contributed by atoms with van der Waals surface area (Å²) in [6.45, 7) is 9.29. The average Bonchev–Trinajstić information content (AvgIpc) is 2.88. The van der Waals surface area contributed by atoms with E-state index in [0.717, 1.165) is 24.0 Å². The summed E-state index contributed by atoms with van der Waals surface area (Å²) in [5.74, 6) is 2.33. The molecule has 0 radical (unpaired) electrons. The fourth-order valence-electron chi connectivity index (χ4n) is 3.97. The van der Waals surface area contributed by atoms with Crippen molar-refractivity contribution >= 4 is 0 Å². The Morgan fingerprint density at radius 1 is 0.676 bits per heavy atom. The number of nitrogens with zero attached hydrogens (tertiary/aromatic N) is 3. The lowest BCUT2D eigenvalue weighted by Crippen LogP contribution is -2.05. The lowest BCUT2D eigenvalue weighted by Gasteiger charge is -2.13. The standard InChI is InChI=1S/C30H33N3O4/c1-5-13-36-22-9-11-24(26(34)17-22)29-31-28(16-21-8-7-19(3)15-20(21)4)32-30(33-29)25-12-10-23(18-27(25)35)37-14-6-2/h7-12,15,17-18,34-35H,5-6,13-14,16H2,1-4H3. The topological polar surface area (TPSA) is 97.6 Å². The first kappa shape index (κ1) is 25.9. The molecule has 0 fully saturated rings. The Hall–Kier alpha value is -4.13. The van der Waals surface area contributed by atoms with E-state index in [-0.39, 0.29) is 11.5 Å². The molecule has 0 amide bonds. The maximum Gasteiger partial charge on any atom is 0.167 e. The van der Waals surface area contributed by atoms with E-state index >= 15 is 0 Å². The highest BCUT2D eigenvalue weighted by Crippen LogP contribution is 2.34. The van der Waals surface area contributed by atoms with Crippen LogP contribution in [0.4, 0.5) is 0 Å². The minimum Gasteiger partial charge on any atom is -0.507 e. The van der Waals surface area contributed by atoms with Gasteiger partial charge in [-0.05, 0) is 62.1 Å². The second kappa shape index (κ2) is 11.7. The van der Waals surface area contributed by atoms with Crippen LogP contribution < -0.4 is 9.47 Å². The van der Waals surface area contributed by atoms with Crippen LogP contribution in [0.3, 0.4) is 0 Å². The summed E-state index contributed by atoms with van der Waals surface area (Å²) < 4.78 is 11.3.